The number of nitrogens with two attached hydrogens (primary N) is 1. The summed E-state index contributed by atoms with van der Waals surface area (Å²) in [6.45, 7) is 0. The fourth-order valence-electron chi connectivity index (χ4n) is 3.69. The molecule has 0 saturated heterocycles. The lowest BCUT2D eigenvalue weighted by atomic mass is 9.61. The van der Waals surface area contributed by atoms with Crippen molar-refractivity contribution in [3.05, 3.63) is 28.3 Å². The van der Waals surface area contributed by atoms with E-state index in [2.05, 4.69) is 0 Å². The Bertz CT molecular complexity index is 555. The van der Waals surface area contributed by atoms with E-state index >= 15 is 0 Å². The van der Waals surface area contributed by atoms with E-state index in [0.717, 1.165) is 32.1 Å². The Labute approximate surface area is 123 Å². The number of nitro benzene ring substituents is 1. The predicted molar refractivity (Wildman–Crippen MR) is 77.6 cm³/mol. The van der Waals surface area contributed by atoms with Crippen molar-refractivity contribution in [2.45, 2.75) is 44.2 Å². The molecule has 2 N–H and O–H groups in total. The van der Waals surface area contributed by atoms with E-state index in [1.165, 1.54) is 13.2 Å². The van der Waals surface area contributed by atoms with Crippen molar-refractivity contribution in [1.82, 2.24) is 0 Å². The van der Waals surface area contributed by atoms with Crippen molar-refractivity contribution >= 4 is 5.69 Å². The van der Waals surface area contributed by atoms with E-state index in [0.29, 0.717) is 5.75 Å². The zero-order chi connectivity index (χ0) is 15.0. The highest BCUT2D eigenvalue weighted by atomic mass is 16.6. The van der Waals surface area contributed by atoms with Gasteiger partial charge in [0, 0.05) is 30.0 Å². The maximum atomic E-state index is 11.1. The van der Waals surface area contributed by atoms with Gasteiger partial charge in [-0.2, -0.15) is 0 Å². The maximum Gasteiger partial charge on any atom is 0.311 e. The van der Waals surface area contributed by atoms with E-state index in [1.54, 1.807) is 12.1 Å². The molecular weight excluding hydrogens is 272 g/mol. The summed E-state index contributed by atoms with van der Waals surface area (Å²) in [6, 6.07) is 4.73. The third-order valence-electron chi connectivity index (χ3n) is 5.02. The molecule has 2 fully saturated rings. The van der Waals surface area contributed by atoms with Gasteiger partial charge in [-0.15, -0.1) is 0 Å². The van der Waals surface area contributed by atoms with Gasteiger partial charge in [-0.25, -0.2) is 0 Å². The largest absolute Gasteiger partial charge is 0.497 e. The first kappa shape index (κ1) is 14.1. The van der Waals surface area contributed by atoms with Crippen LogP contribution in [0, 0.1) is 15.5 Å². The summed E-state index contributed by atoms with van der Waals surface area (Å²) in [7, 11) is 1.53. The monoisotopic (exact) mass is 292 g/mol. The summed E-state index contributed by atoms with van der Waals surface area (Å²) >= 11 is 0. The predicted octanol–water partition coefficient (Wildman–Crippen LogP) is 2.64. The Morgan fingerprint density at radius 2 is 2.10 bits per heavy atom. The first-order valence-corrected chi connectivity index (χ1v) is 7.31. The van der Waals surface area contributed by atoms with Crippen LogP contribution in [0.1, 0.15) is 32.1 Å². The quantitative estimate of drug-likeness (QED) is 0.681. The maximum absolute atomic E-state index is 11.1. The molecule has 2 atom stereocenters. The fraction of sp³-hybridized carbons (Fsp3) is 0.600. The lowest BCUT2D eigenvalue weighted by Gasteiger charge is -2.51. The first-order chi connectivity index (χ1) is 10.1. The van der Waals surface area contributed by atoms with Crippen LogP contribution in [0.15, 0.2) is 18.2 Å². The van der Waals surface area contributed by atoms with E-state index in [4.69, 9.17) is 15.2 Å². The molecule has 6 nitrogen and oxygen atoms in total. The van der Waals surface area contributed by atoms with Crippen LogP contribution in [0.2, 0.25) is 0 Å². The minimum atomic E-state index is -0.422. The first-order valence-electron chi connectivity index (χ1n) is 7.31. The van der Waals surface area contributed by atoms with Crippen LogP contribution in [0.5, 0.6) is 11.5 Å². The molecule has 6 heteroatoms. The SMILES string of the molecule is COc1ccc([N+](=O)[O-])c(OC2CC(N)C23CCCC3)c1. The molecule has 3 rings (SSSR count). The van der Waals surface area contributed by atoms with Crippen LogP contribution in [-0.4, -0.2) is 24.2 Å². The Kier molecular flexibility index (Phi) is 3.49. The van der Waals surface area contributed by atoms with Crippen LogP contribution < -0.4 is 15.2 Å². The summed E-state index contributed by atoms with van der Waals surface area (Å²) in [6.07, 6.45) is 5.16. The van der Waals surface area contributed by atoms with E-state index in [-0.39, 0.29) is 29.0 Å². The number of nitro groups is 1. The van der Waals surface area contributed by atoms with Gasteiger partial charge in [0.15, 0.2) is 0 Å². The molecule has 0 heterocycles. The van der Waals surface area contributed by atoms with Crippen molar-refractivity contribution in [2.24, 2.45) is 11.1 Å². The Balaban J connectivity index is 1.86. The number of nitrogens with zero attached hydrogens (tertiary/aromatic N) is 1. The van der Waals surface area contributed by atoms with Crippen LogP contribution in [0.3, 0.4) is 0 Å². The van der Waals surface area contributed by atoms with Crippen molar-refractivity contribution in [1.29, 1.82) is 0 Å². The second-order valence-corrected chi connectivity index (χ2v) is 5.98. The van der Waals surface area contributed by atoms with Crippen LogP contribution in [0.25, 0.3) is 0 Å². The summed E-state index contributed by atoms with van der Waals surface area (Å²) < 4.78 is 11.1. The molecule has 0 bridgehead atoms. The lowest BCUT2D eigenvalue weighted by Crippen LogP contribution is -2.62. The summed E-state index contributed by atoms with van der Waals surface area (Å²) in [5, 5.41) is 11.1. The second-order valence-electron chi connectivity index (χ2n) is 5.98. The average Bonchev–Trinajstić information content (AvgIpc) is 2.99. The van der Waals surface area contributed by atoms with Crippen molar-refractivity contribution in [3.8, 4) is 11.5 Å². The molecule has 0 aliphatic heterocycles. The molecule has 0 radical (unpaired) electrons. The highest BCUT2D eigenvalue weighted by Crippen LogP contribution is 2.54. The van der Waals surface area contributed by atoms with Gasteiger partial charge in [-0.05, 0) is 18.9 Å². The molecule has 1 aromatic rings. The third kappa shape index (κ3) is 2.23. The van der Waals surface area contributed by atoms with Crippen molar-refractivity contribution < 1.29 is 14.4 Å². The molecule has 0 aromatic heterocycles. The number of hydrogen-bond acceptors (Lipinski definition) is 5. The molecule has 1 spiro atoms. The van der Waals surface area contributed by atoms with Crippen LogP contribution in [0.4, 0.5) is 5.69 Å². The minimum absolute atomic E-state index is 0.0109. The highest BCUT2D eigenvalue weighted by Gasteiger charge is 2.56. The van der Waals surface area contributed by atoms with Gasteiger partial charge >= 0.3 is 5.69 Å². The molecule has 2 aliphatic rings. The van der Waals surface area contributed by atoms with Gasteiger partial charge in [0.1, 0.15) is 11.9 Å². The Morgan fingerprint density at radius 3 is 2.67 bits per heavy atom. The van der Waals surface area contributed by atoms with Gasteiger partial charge in [-0.1, -0.05) is 12.8 Å². The molecule has 1 aromatic carbocycles. The van der Waals surface area contributed by atoms with E-state index in [1.807, 2.05) is 0 Å². The summed E-state index contributed by atoms with van der Waals surface area (Å²) in [4.78, 5) is 10.7. The lowest BCUT2D eigenvalue weighted by molar-refractivity contribution is -0.386. The number of hydrogen-bond donors (Lipinski definition) is 1. The Morgan fingerprint density at radius 1 is 1.38 bits per heavy atom. The number of methoxy groups -OCH3 is 1. The summed E-state index contributed by atoms with van der Waals surface area (Å²) in [5.74, 6) is 0.835. The summed E-state index contributed by atoms with van der Waals surface area (Å²) in [5.41, 5.74) is 6.17. The molecule has 0 amide bonds. The van der Waals surface area contributed by atoms with Gasteiger partial charge in [0.25, 0.3) is 0 Å². The molecule has 2 aliphatic carbocycles. The van der Waals surface area contributed by atoms with Gasteiger partial charge < -0.3 is 15.2 Å². The van der Waals surface area contributed by atoms with E-state index in [9.17, 15) is 10.1 Å². The van der Waals surface area contributed by atoms with Crippen LogP contribution in [-0.2, 0) is 0 Å². The fourth-order valence-corrected chi connectivity index (χ4v) is 3.69. The topological polar surface area (TPSA) is 87.6 Å². The zero-order valence-corrected chi connectivity index (χ0v) is 12.1. The number of rotatable bonds is 4. The third-order valence-corrected chi connectivity index (χ3v) is 5.02. The highest BCUT2D eigenvalue weighted by molar-refractivity contribution is 5.51. The van der Waals surface area contributed by atoms with E-state index < -0.39 is 4.92 Å². The van der Waals surface area contributed by atoms with Crippen molar-refractivity contribution in [3.63, 3.8) is 0 Å². The molecule has 114 valence electrons. The molecule has 2 saturated carbocycles. The van der Waals surface area contributed by atoms with Gasteiger partial charge in [-0.3, -0.25) is 10.1 Å². The van der Waals surface area contributed by atoms with Gasteiger partial charge in [0.05, 0.1) is 12.0 Å². The minimum Gasteiger partial charge on any atom is -0.497 e. The molecule has 2 unspecified atom stereocenters. The normalized spacial score (nSPS) is 26.4. The molecular formula is C15H20N2O4. The Hall–Kier alpha value is -1.82. The van der Waals surface area contributed by atoms with Crippen molar-refractivity contribution in [2.75, 3.05) is 7.11 Å². The van der Waals surface area contributed by atoms with Crippen LogP contribution >= 0.6 is 0 Å². The molecule has 21 heavy (non-hydrogen) atoms. The number of ether oxygens (including phenoxy) is 2. The average molecular weight is 292 g/mol. The second kappa shape index (κ2) is 5.18. The standard InChI is InChI=1S/C15H20N2O4/c1-20-10-4-5-11(17(18)19)12(8-10)21-14-9-13(16)15(14)6-2-3-7-15/h4-5,8,13-14H,2-3,6-7,9,16H2,1H3. The van der Waals surface area contributed by atoms with Gasteiger partial charge in [0.2, 0.25) is 5.75 Å². The zero-order valence-electron chi connectivity index (χ0n) is 12.1. The number of benzene rings is 1. The smallest absolute Gasteiger partial charge is 0.311 e.